The Hall–Kier alpha value is -2.14. The molecule has 1 aromatic heterocycles. The van der Waals surface area contributed by atoms with E-state index in [0.29, 0.717) is 22.3 Å². The number of rotatable bonds is 4. The highest BCUT2D eigenvalue weighted by molar-refractivity contribution is 6.30. The summed E-state index contributed by atoms with van der Waals surface area (Å²) in [6.45, 7) is 1.77. The first-order chi connectivity index (χ1) is 9.06. The number of aromatic nitrogens is 2. The third-order valence-electron chi connectivity index (χ3n) is 2.42. The Morgan fingerprint density at radius 3 is 2.89 bits per heavy atom. The minimum atomic E-state index is -1.04. The second kappa shape index (κ2) is 5.67. The lowest BCUT2D eigenvalue weighted by Gasteiger charge is -2.06. The zero-order valence-corrected chi connectivity index (χ0v) is 10.9. The summed E-state index contributed by atoms with van der Waals surface area (Å²) < 4.78 is 5.47. The van der Waals surface area contributed by atoms with Gasteiger partial charge in [0.2, 0.25) is 0 Å². The average Bonchev–Trinajstić information content (AvgIpc) is 2.36. The second-order valence-electron chi connectivity index (χ2n) is 3.84. The van der Waals surface area contributed by atoms with Crippen molar-refractivity contribution in [3.63, 3.8) is 0 Å². The van der Waals surface area contributed by atoms with E-state index in [1.807, 2.05) is 0 Å². The molecule has 0 aliphatic carbocycles. The van der Waals surface area contributed by atoms with Gasteiger partial charge in [-0.15, -0.1) is 0 Å². The lowest BCUT2D eigenvalue weighted by atomic mass is 10.2. The number of benzene rings is 1. The number of hydrogen-bond donors (Lipinski definition) is 1. The van der Waals surface area contributed by atoms with Crippen LogP contribution in [0.5, 0.6) is 5.75 Å². The molecule has 2 aromatic rings. The molecule has 2 rings (SSSR count). The standard InChI is InChI=1S/C13H11ClN2O3/c1-8-11(13(17)18)6-15-12(16-8)7-19-10-4-2-3-9(14)5-10/h2-6H,7H2,1H3,(H,17,18). The third-order valence-corrected chi connectivity index (χ3v) is 2.66. The van der Waals surface area contributed by atoms with Crippen molar-refractivity contribution in [3.8, 4) is 5.75 Å². The molecule has 0 aliphatic heterocycles. The van der Waals surface area contributed by atoms with E-state index in [1.54, 1.807) is 31.2 Å². The molecule has 0 atom stereocenters. The summed E-state index contributed by atoms with van der Waals surface area (Å²) in [6, 6.07) is 6.97. The van der Waals surface area contributed by atoms with Crippen molar-refractivity contribution < 1.29 is 14.6 Å². The van der Waals surface area contributed by atoms with Gasteiger partial charge >= 0.3 is 5.97 Å². The maximum absolute atomic E-state index is 10.8. The van der Waals surface area contributed by atoms with Crippen LogP contribution in [0.2, 0.25) is 5.02 Å². The van der Waals surface area contributed by atoms with Gasteiger partial charge in [0.05, 0.1) is 11.3 Å². The largest absolute Gasteiger partial charge is 0.486 e. The Labute approximate surface area is 114 Å². The molecule has 1 N–H and O–H groups in total. The lowest BCUT2D eigenvalue weighted by Crippen LogP contribution is -2.08. The smallest absolute Gasteiger partial charge is 0.339 e. The van der Waals surface area contributed by atoms with Gasteiger partial charge in [0.25, 0.3) is 0 Å². The molecule has 5 nitrogen and oxygen atoms in total. The quantitative estimate of drug-likeness (QED) is 0.931. The Bertz CT molecular complexity index is 617. The van der Waals surface area contributed by atoms with E-state index >= 15 is 0 Å². The Morgan fingerprint density at radius 2 is 2.26 bits per heavy atom. The number of aromatic carboxylic acids is 1. The molecule has 0 bridgehead atoms. The van der Waals surface area contributed by atoms with Crippen molar-refractivity contribution in [1.82, 2.24) is 9.97 Å². The lowest BCUT2D eigenvalue weighted by molar-refractivity contribution is 0.0695. The first kappa shape index (κ1) is 13.3. The molecule has 0 saturated carbocycles. The fraction of sp³-hybridized carbons (Fsp3) is 0.154. The Balaban J connectivity index is 2.08. The van der Waals surface area contributed by atoms with Crippen LogP contribution in [0, 0.1) is 6.92 Å². The molecular formula is C13H11ClN2O3. The van der Waals surface area contributed by atoms with E-state index in [-0.39, 0.29) is 12.2 Å². The summed E-state index contributed by atoms with van der Waals surface area (Å²) in [4.78, 5) is 18.9. The highest BCUT2D eigenvalue weighted by Crippen LogP contribution is 2.18. The van der Waals surface area contributed by atoms with Gasteiger partial charge < -0.3 is 9.84 Å². The van der Waals surface area contributed by atoms with Crippen LogP contribution in [0.3, 0.4) is 0 Å². The monoisotopic (exact) mass is 278 g/mol. The van der Waals surface area contributed by atoms with Crippen molar-refractivity contribution in [2.45, 2.75) is 13.5 Å². The number of ether oxygens (including phenoxy) is 1. The normalized spacial score (nSPS) is 10.2. The van der Waals surface area contributed by atoms with Crippen molar-refractivity contribution in [2.24, 2.45) is 0 Å². The van der Waals surface area contributed by atoms with E-state index in [9.17, 15) is 4.79 Å². The first-order valence-electron chi connectivity index (χ1n) is 5.50. The third kappa shape index (κ3) is 3.42. The van der Waals surface area contributed by atoms with E-state index in [1.165, 1.54) is 6.20 Å². The van der Waals surface area contributed by atoms with Gasteiger partial charge in [-0.25, -0.2) is 14.8 Å². The van der Waals surface area contributed by atoms with Gasteiger partial charge in [-0.3, -0.25) is 0 Å². The summed E-state index contributed by atoms with van der Waals surface area (Å²) in [7, 11) is 0. The molecule has 0 unspecified atom stereocenters. The molecule has 98 valence electrons. The zero-order chi connectivity index (χ0) is 13.8. The molecule has 0 saturated heterocycles. The minimum absolute atomic E-state index is 0.0894. The van der Waals surface area contributed by atoms with E-state index < -0.39 is 5.97 Å². The molecule has 19 heavy (non-hydrogen) atoms. The molecule has 0 spiro atoms. The number of halogens is 1. The van der Waals surface area contributed by atoms with Crippen LogP contribution in [-0.2, 0) is 6.61 Å². The minimum Gasteiger partial charge on any atom is -0.486 e. The molecule has 0 aliphatic rings. The van der Waals surface area contributed by atoms with Crippen LogP contribution < -0.4 is 4.74 Å². The SMILES string of the molecule is Cc1nc(COc2cccc(Cl)c2)ncc1C(=O)O. The van der Waals surface area contributed by atoms with Gasteiger partial charge in [-0.05, 0) is 25.1 Å². The van der Waals surface area contributed by atoms with Crippen LogP contribution in [0.25, 0.3) is 0 Å². The predicted octanol–water partition coefficient (Wildman–Crippen LogP) is 2.72. The molecule has 0 fully saturated rings. The second-order valence-corrected chi connectivity index (χ2v) is 4.27. The van der Waals surface area contributed by atoms with Crippen LogP contribution in [-0.4, -0.2) is 21.0 Å². The number of nitrogens with zero attached hydrogens (tertiary/aromatic N) is 2. The number of aryl methyl sites for hydroxylation is 1. The fourth-order valence-corrected chi connectivity index (χ4v) is 1.68. The molecule has 1 aromatic carbocycles. The van der Waals surface area contributed by atoms with Gasteiger partial charge in [0.15, 0.2) is 5.82 Å². The van der Waals surface area contributed by atoms with Crippen molar-refractivity contribution in [1.29, 1.82) is 0 Å². The van der Waals surface area contributed by atoms with Gasteiger partial charge in [-0.1, -0.05) is 17.7 Å². The molecule has 1 heterocycles. The van der Waals surface area contributed by atoms with Gasteiger partial charge in [0.1, 0.15) is 12.4 Å². The summed E-state index contributed by atoms with van der Waals surface area (Å²) >= 11 is 5.83. The van der Waals surface area contributed by atoms with Crippen LogP contribution in [0.1, 0.15) is 21.9 Å². The maximum atomic E-state index is 10.8. The van der Waals surface area contributed by atoms with Gasteiger partial charge in [0, 0.05) is 11.2 Å². The van der Waals surface area contributed by atoms with E-state index in [4.69, 9.17) is 21.4 Å². The maximum Gasteiger partial charge on any atom is 0.339 e. The number of carboxylic acid groups (broad SMARTS) is 1. The highest BCUT2D eigenvalue weighted by Gasteiger charge is 2.10. The molecular weight excluding hydrogens is 268 g/mol. The van der Waals surface area contributed by atoms with Crippen molar-refractivity contribution in [2.75, 3.05) is 0 Å². The molecule has 0 radical (unpaired) electrons. The molecule has 6 heteroatoms. The number of carbonyl (C=O) groups is 1. The number of hydrogen-bond acceptors (Lipinski definition) is 4. The summed E-state index contributed by atoms with van der Waals surface area (Å²) in [6.07, 6.45) is 1.28. The Morgan fingerprint density at radius 1 is 1.47 bits per heavy atom. The predicted molar refractivity (Wildman–Crippen MR) is 69.5 cm³/mol. The highest BCUT2D eigenvalue weighted by atomic mass is 35.5. The van der Waals surface area contributed by atoms with Crippen LogP contribution >= 0.6 is 11.6 Å². The van der Waals surface area contributed by atoms with E-state index in [0.717, 1.165) is 0 Å². The average molecular weight is 279 g/mol. The molecule has 0 amide bonds. The number of carboxylic acids is 1. The van der Waals surface area contributed by atoms with E-state index in [2.05, 4.69) is 9.97 Å². The zero-order valence-electron chi connectivity index (χ0n) is 10.1. The van der Waals surface area contributed by atoms with Crippen LogP contribution in [0.4, 0.5) is 0 Å². The van der Waals surface area contributed by atoms with Crippen molar-refractivity contribution >= 4 is 17.6 Å². The summed E-state index contributed by atoms with van der Waals surface area (Å²) in [5, 5.41) is 9.45. The Kier molecular flexibility index (Phi) is 3.97. The van der Waals surface area contributed by atoms with Crippen LogP contribution in [0.15, 0.2) is 30.5 Å². The van der Waals surface area contributed by atoms with Gasteiger partial charge in [-0.2, -0.15) is 0 Å². The van der Waals surface area contributed by atoms with Crippen molar-refractivity contribution in [3.05, 3.63) is 52.6 Å². The summed E-state index contributed by atoms with van der Waals surface area (Å²) in [5.41, 5.74) is 0.499. The first-order valence-corrected chi connectivity index (χ1v) is 5.88. The topological polar surface area (TPSA) is 72.3 Å². The fourth-order valence-electron chi connectivity index (χ4n) is 1.50. The summed E-state index contributed by atoms with van der Waals surface area (Å²) in [5.74, 6) is -0.0154.